The van der Waals surface area contributed by atoms with Crippen molar-refractivity contribution in [3.63, 3.8) is 0 Å². The van der Waals surface area contributed by atoms with Crippen molar-refractivity contribution < 1.29 is 13.2 Å². The topological polar surface area (TPSA) is 106 Å². The second-order valence-corrected chi connectivity index (χ2v) is 6.11. The molecule has 0 unspecified atom stereocenters. The number of Topliss-reactive ketones (excluding diaryl/α,β-unsaturated/α-hetero) is 1. The number of carbonyl (C=O) groups excluding carboxylic acids is 1. The summed E-state index contributed by atoms with van der Waals surface area (Å²) >= 11 is 0. The molecule has 0 aliphatic carbocycles. The lowest BCUT2D eigenvalue weighted by atomic mass is 10.1. The number of nitriles is 1. The molecule has 1 heterocycles. The molecule has 0 spiro atoms. The van der Waals surface area contributed by atoms with Crippen molar-refractivity contribution in [2.45, 2.75) is 11.4 Å². The average Bonchev–Trinajstić information content (AvgIpc) is 2.85. The molecule has 0 radical (unpaired) electrons. The summed E-state index contributed by atoms with van der Waals surface area (Å²) in [7, 11) is -3.28. The summed E-state index contributed by atoms with van der Waals surface area (Å²) in [6.07, 6.45) is 2.39. The van der Waals surface area contributed by atoms with Crippen molar-refractivity contribution in [1.82, 2.24) is 14.8 Å². The molecule has 0 amide bonds. The van der Waals surface area contributed by atoms with Crippen molar-refractivity contribution in [3.05, 3.63) is 42.0 Å². The Morgan fingerprint density at radius 2 is 2.00 bits per heavy atom. The van der Waals surface area contributed by atoms with Gasteiger partial charge >= 0.3 is 0 Å². The Hall–Kier alpha value is -2.53. The van der Waals surface area contributed by atoms with Gasteiger partial charge in [0, 0.05) is 11.8 Å². The maximum absolute atomic E-state index is 12.0. The Morgan fingerprint density at radius 1 is 1.35 bits per heavy atom. The van der Waals surface area contributed by atoms with Crippen LogP contribution in [-0.2, 0) is 16.4 Å². The van der Waals surface area contributed by atoms with E-state index in [-0.39, 0.29) is 23.0 Å². The van der Waals surface area contributed by atoms with Crippen LogP contribution in [-0.4, -0.2) is 35.2 Å². The molecule has 0 saturated heterocycles. The van der Waals surface area contributed by atoms with Crippen LogP contribution in [0.5, 0.6) is 0 Å². The van der Waals surface area contributed by atoms with Gasteiger partial charge in [-0.15, -0.1) is 5.10 Å². The van der Waals surface area contributed by atoms with E-state index in [4.69, 9.17) is 5.26 Å². The Morgan fingerprint density at radius 3 is 2.50 bits per heavy atom. The lowest BCUT2D eigenvalue weighted by Gasteiger charge is -2.02. The fraction of sp³-hybridized carbons (Fsp3) is 0.167. The van der Waals surface area contributed by atoms with Gasteiger partial charge < -0.3 is 0 Å². The lowest BCUT2D eigenvalue weighted by Crippen LogP contribution is -2.11. The average molecular weight is 290 g/mol. The Labute approximate surface area is 115 Å². The molecule has 2 rings (SSSR count). The summed E-state index contributed by atoms with van der Waals surface area (Å²) in [4.78, 5) is 15.8. The lowest BCUT2D eigenvalue weighted by molar-refractivity contribution is 0.0967. The highest BCUT2D eigenvalue weighted by atomic mass is 32.2. The molecular formula is C12H10N4O3S. The van der Waals surface area contributed by atoms with Gasteiger partial charge in [-0.05, 0) is 12.1 Å². The van der Waals surface area contributed by atoms with Crippen molar-refractivity contribution in [2.75, 3.05) is 6.26 Å². The predicted molar refractivity (Wildman–Crippen MR) is 68.6 cm³/mol. The number of benzene rings is 1. The van der Waals surface area contributed by atoms with Gasteiger partial charge in [-0.1, -0.05) is 12.1 Å². The van der Waals surface area contributed by atoms with Crippen LogP contribution >= 0.6 is 0 Å². The fourth-order valence-corrected chi connectivity index (χ4v) is 2.18. The van der Waals surface area contributed by atoms with Crippen LogP contribution in [0.15, 0.2) is 35.5 Å². The SMILES string of the molecule is CS(=O)(=O)c1ccc(C(=O)Cn2cnc(C#N)n2)cc1. The van der Waals surface area contributed by atoms with Crippen LogP contribution in [0.2, 0.25) is 0 Å². The van der Waals surface area contributed by atoms with Crippen molar-refractivity contribution >= 4 is 15.6 Å². The second kappa shape index (κ2) is 5.22. The fourth-order valence-electron chi connectivity index (χ4n) is 1.55. The van der Waals surface area contributed by atoms with Gasteiger partial charge in [0.25, 0.3) is 5.82 Å². The van der Waals surface area contributed by atoms with E-state index in [2.05, 4.69) is 10.1 Å². The summed E-state index contributed by atoms with van der Waals surface area (Å²) in [6, 6.07) is 7.41. The number of ketones is 1. The van der Waals surface area contributed by atoms with E-state index in [0.717, 1.165) is 6.26 Å². The Balaban J connectivity index is 2.16. The van der Waals surface area contributed by atoms with Gasteiger partial charge in [0.15, 0.2) is 15.6 Å². The second-order valence-electron chi connectivity index (χ2n) is 4.10. The summed E-state index contributed by atoms with van der Waals surface area (Å²) < 4.78 is 23.9. The van der Waals surface area contributed by atoms with Gasteiger partial charge in [-0.3, -0.25) is 4.79 Å². The maximum Gasteiger partial charge on any atom is 0.252 e. The van der Waals surface area contributed by atoms with Gasteiger partial charge in [0.1, 0.15) is 18.9 Å². The highest BCUT2D eigenvalue weighted by Gasteiger charge is 2.11. The summed E-state index contributed by atoms with van der Waals surface area (Å²) in [5, 5.41) is 12.4. The number of carbonyl (C=O) groups is 1. The first-order valence-electron chi connectivity index (χ1n) is 5.53. The monoisotopic (exact) mass is 290 g/mol. The molecule has 0 atom stereocenters. The number of aromatic nitrogens is 3. The molecule has 1 aromatic heterocycles. The van der Waals surface area contributed by atoms with E-state index in [0.29, 0.717) is 5.56 Å². The zero-order valence-electron chi connectivity index (χ0n) is 10.5. The minimum Gasteiger partial charge on any atom is -0.292 e. The molecule has 0 aliphatic rings. The van der Waals surface area contributed by atoms with E-state index in [1.54, 1.807) is 6.07 Å². The van der Waals surface area contributed by atoms with Gasteiger partial charge in [-0.2, -0.15) is 5.26 Å². The van der Waals surface area contributed by atoms with Crippen LogP contribution in [0.1, 0.15) is 16.2 Å². The first-order valence-corrected chi connectivity index (χ1v) is 7.42. The molecule has 0 fully saturated rings. The third kappa shape index (κ3) is 3.07. The van der Waals surface area contributed by atoms with Crippen LogP contribution in [0, 0.1) is 11.3 Å². The number of nitrogens with zero attached hydrogens (tertiary/aromatic N) is 4. The predicted octanol–water partition coefficient (Wildman–Crippen LogP) is 0.436. The molecule has 0 aliphatic heterocycles. The van der Waals surface area contributed by atoms with Gasteiger partial charge in [-0.25, -0.2) is 18.1 Å². The molecule has 0 bridgehead atoms. The standard InChI is InChI=1S/C12H10N4O3S/c1-20(18,19)10-4-2-9(3-5-10)11(17)7-16-8-14-12(6-13)15-16/h2-5,8H,7H2,1H3. The molecule has 0 saturated carbocycles. The molecular weight excluding hydrogens is 280 g/mol. The number of hydrogen-bond acceptors (Lipinski definition) is 6. The van der Waals surface area contributed by atoms with E-state index >= 15 is 0 Å². The molecule has 2 aromatic rings. The number of hydrogen-bond donors (Lipinski definition) is 0. The third-order valence-corrected chi connectivity index (χ3v) is 3.67. The zero-order valence-corrected chi connectivity index (χ0v) is 11.3. The van der Waals surface area contributed by atoms with Crippen LogP contribution in [0.25, 0.3) is 0 Å². The molecule has 8 heteroatoms. The van der Waals surface area contributed by atoms with E-state index in [1.165, 1.54) is 35.3 Å². The molecule has 1 aromatic carbocycles. The molecule has 7 nitrogen and oxygen atoms in total. The van der Waals surface area contributed by atoms with Crippen LogP contribution < -0.4 is 0 Å². The summed E-state index contributed by atoms with van der Waals surface area (Å²) in [5.74, 6) is -0.260. The smallest absolute Gasteiger partial charge is 0.252 e. The van der Waals surface area contributed by atoms with Gasteiger partial charge in [0.2, 0.25) is 0 Å². The first kappa shape index (κ1) is 13.9. The van der Waals surface area contributed by atoms with E-state index in [1.807, 2.05) is 0 Å². The summed E-state index contributed by atoms with van der Waals surface area (Å²) in [6.45, 7) is -0.0626. The number of rotatable bonds is 4. The van der Waals surface area contributed by atoms with Crippen molar-refractivity contribution in [3.8, 4) is 6.07 Å². The quantitative estimate of drug-likeness (QED) is 0.756. The van der Waals surface area contributed by atoms with Crippen molar-refractivity contribution in [2.24, 2.45) is 0 Å². The van der Waals surface area contributed by atoms with E-state index < -0.39 is 9.84 Å². The highest BCUT2D eigenvalue weighted by molar-refractivity contribution is 7.90. The Kier molecular flexibility index (Phi) is 3.63. The van der Waals surface area contributed by atoms with E-state index in [9.17, 15) is 13.2 Å². The van der Waals surface area contributed by atoms with Gasteiger partial charge in [0.05, 0.1) is 4.90 Å². The van der Waals surface area contributed by atoms with Crippen LogP contribution in [0.4, 0.5) is 0 Å². The van der Waals surface area contributed by atoms with Crippen molar-refractivity contribution in [1.29, 1.82) is 5.26 Å². The first-order chi connectivity index (χ1) is 9.40. The minimum absolute atomic E-state index is 0.00905. The zero-order chi connectivity index (χ0) is 14.8. The maximum atomic E-state index is 12.0. The van der Waals surface area contributed by atoms with Crippen LogP contribution in [0.3, 0.4) is 0 Å². The number of sulfone groups is 1. The minimum atomic E-state index is -3.28. The largest absolute Gasteiger partial charge is 0.292 e. The summed E-state index contributed by atoms with van der Waals surface area (Å²) in [5.41, 5.74) is 0.367. The third-order valence-electron chi connectivity index (χ3n) is 2.55. The highest BCUT2D eigenvalue weighted by Crippen LogP contribution is 2.11. The molecule has 102 valence electrons. The Bertz CT molecular complexity index is 785. The molecule has 20 heavy (non-hydrogen) atoms. The normalized spacial score (nSPS) is 11.0. The molecule has 0 N–H and O–H groups in total.